The second-order valence-corrected chi connectivity index (χ2v) is 10.1. The number of benzene rings is 2. The third kappa shape index (κ3) is 5.81. The van der Waals surface area contributed by atoms with Gasteiger partial charge in [0, 0.05) is 24.9 Å². The lowest BCUT2D eigenvalue weighted by Gasteiger charge is -2.20. The second kappa shape index (κ2) is 11.8. The SMILES string of the molecule is CCCc1cc(Cc2cc(CCC)c(CCC)c(I)c2N)c(N)c(I)c1CCC. The maximum absolute atomic E-state index is 6.64. The summed E-state index contributed by atoms with van der Waals surface area (Å²) in [7, 11) is 0. The highest BCUT2D eigenvalue weighted by Crippen LogP contribution is 2.35. The van der Waals surface area contributed by atoms with Gasteiger partial charge in [-0.05, 0) is 104 Å². The van der Waals surface area contributed by atoms with Crippen LogP contribution in [0, 0.1) is 7.14 Å². The maximum Gasteiger partial charge on any atom is 0.0488 e. The van der Waals surface area contributed by atoms with Gasteiger partial charge in [0.2, 0.25) is 0 Å². The van der Waals surface area contributed by atoms with Crippen molar-refractivity contribution in [3.63, 3.8) is 0 Å². The van der Waals surface area contributed by atoms with E-state index in [9.17, 15) is 0 Å². The molecule has 0 atom stereocenters. The van der Waals surface area contributed by atoms with Gasteiger partial charge in [0.1, 0.15) is 0 Å². The van der Waals surface area contributed by atoms with Crippen molar-refractivity contribution < 1.29 is 0 Å². The Labute approximate surface area is 204 Å². The van der Waals surface area contributed by atoms with Gasteiger partial charge < -0.3 is 11.5 Å². The number of anilines is 2. The molecular formula is C25H36I2N2. The Bertz CT molecular complexity index is 774. The van der Waals surface area contributed by atoms with Crippen LogP contribution in [0.4, 0.5) is 11.4 Å². The first-order valence-electron chi connectivity index (χ1n) is 11.1. The summed E-state index contributed by atoms with van der Waals surface area (Å²) in [6, 6.07) is 4.72. The molecule has 29 heavy (non-hydrogen) atoms. The van der Waals surface area contributed by atoms with E-state index >= 15 is 0 Å². The normalized spacial score (nSPS) is 11.2. The highest BCUT2D eigenvalue weighted by molar-refractivity contribution is 14.1. The lowest BCUT2D eigenvalue weighted by atomic mass is 9.90. The zero-order valence-corrected chi connectivity index (χ0v) is 22.7. The Kier molecular flexibility index (Phi) is 10.1. The lowest BCUT2D eigenvalue weighted by molar-refractivity contribution is 0.851. The average Bonchev–Trinajstić information content (AvgIpc) is 2.70. The van der Waals surface area contributed by atoms with Crippen molar-refractivity contribution in [2.24, 2.45) is 0 Å². The number of nitrogen functional groups attached to an aromatic ring is 2. The molecule has 0 aliphatic heterocycles. The van der Waals surface area contributed by atoms with Crippen molar-refractivity contribution in [3.05, 3.63) is 52.7 Å². The van der Waals surface area contributed by atoms with E-state index in [2.05, 4.69) is 85.0 Å². The molecule has 0 unspecified atom stereocenters. The molecule has 0 amide bonds. The predicted octanol–water partition coefficient (Wildman–Crippen LogP) is 7.46. The number of halogens is 2. The van der Waals surface area contributed by atoms with E-state index in [1.807, 2.05) is 0 Å². The van der Waals surface area contributed by atoms with Crippen LogP contribution in [0.1, 0.15) is 86.8 Å². The third-order valence-electron chi connectivity index (χ3n) is 5.59. The number of nitrogens with two attached hydrogens (primary N) is 2. The molecule has 0 radical (unpaired) electrons. The van der Waals surface area contributed by atoms with Crippen LogP contribution in [-0.4, -0.2) is 0 Å². The van der Waals surface area contributed by atoms with Crippen molar-refractivity contribution in [1.82, 2.24) is 0 Å². The number of hydrogen-bond donors (Lipinski definition) is 2. The first-order valence-corrected chi connectivity index (χ1v) is 13.2. The number of hydrogen-bond acceptors (Lipinski definition) is 2. The molecule has 0 bridgehead atoms. The van der Waals surface area contributed by atoms with Gasteiger partial charge in [-0.2, -0.15) is 0 Å². The first kappa shape index (κ1) is 24.8. The average molecular weight is 618 g/mol. The molecule has 0 fully saturated rings. The summed E-state index contributed by atoms with van der Waals surface area (Å²) in [5.74, 6) is 0. The van der Waals surface area contributed by atoms with E-state index in [1.165, 1.54) is 40.5 Å². The highest BCUT2D eigenvalue weighted by Gasteiger charge is 2.18. The minimum atomic E-state index is 0.815. The molecule has 0 spiro atoms. The van der Waals surface area contributed by atoms with E-state index in [0.717, 1.165) is 69.2 Å². The minimum Gasteiger partial charge on any atom is -0.398 e. The molecular weight excluding hydrogens is 582 g/mol. The van der Waals surface area contributed by atoms with Gasteiger partial charge in [-0.25, -0.2) is 0 Å². The summed E-state index contributed by atoms with van der Waals surface area (Å²) in [6.45, 7) is 8.99. The molecule has 160 valence electrons. The van der Waals surface area contributed by atoms with Gasteiger partial charge in [-0.1, -0.05) is 65.5 Å². The predicted molar refractivity (Wildman–Crippen MR) is 146 cm³/mol. The van der Waals surface area contributed by atoms with Gasteiger partial charge in [0.05, 0.1) is 0 Å². The van der Waals surface area contributed by atoms with E-state index in [0.29, 0.717) is 0 Å². The Hall–Kier alpha value is -0.500. The molecule has 4 heteroatoms. The smallest absolute Gasteiger partial charge is 0.0488 e. The van der Waals surface area contributed by atoms with Gasteiger partial charge >= 0.3 is 0 Å². The highest BCUT2D eigenvalue weighted by atomic mass is 127. The molecule has 0 saturated heterocycles. The van der Waals surface area contributed by atoms with Crippen molar-refractivity contribution in [1.29, 1.82) is 0 Å². The Balaban J connectivity index is 2.55. The molecule has 2 aromatic carbocycles. The second-order valence-electron chi connectivity index (χ2n) is 7.98. The summed E-state index contributed by atoms with van der Waals surface area (Å²) < 4.78 is 2.49. The molecule has 0 aliphatic rings. The number of rotatable bonds is 10. The summed E-state index contributed by atoms with van der Waals surface area (Å²) in [6.07, 6.45) is 9.85. The van der Waals surface area contributed by atoms with Gasteiger partial charge in [0.25, 0.3) is 0 Å². The van der Waals surface area contributed by atoms with Crippen LogP contribution in [0.25, 0.3) is 0 Å². The van der Waals surface area contributed by atoms with Crippen molar-refractivity contribution in [2.75, 3.05) is 11.5 Å². The molecule has 0 heterocycles. The standard InChI is InChI=1S/C25H36I2N2/c1-5-9-16-13-18(24(28)22(26)20(16)11-7-3)15-19-14-17(10-6-2)21(12-8-4)23(27)25(19)29/h13-14H,5-12,15,28-29H2,1-4H3. The Morgan fingerprint density at radius 1 is 0.586 bits per heavy atom. The molecule has 2 aromatic rings. The minimum absolute atomic E-state index is 0.815. The van der Waals surface area contributed by atoms with Crippen LogP contribution in [0.15, 0.2) is 12.1 Å². The zero-order chi connectivity index (χ0) is 21.6. The maximum atomic E-state index is 6.64. The third-order valence-corrected chi connectivity index (χ3v) is 8.05. The van der Waals surface area contributed by atoms with Crippen molar-refractivity contribution >= 4 is 56.6 Å². The molecule has 4 N–H and O–H groups in total. The van der Waals surface area contributed by atoms with E-state index in [-0.39, 0.29) is 0 Å². The zero-order valence-electron chi connectivity index (χ0n) is 18.4. The topological polar surface area (TPSA) is 52.0 Å². The first-order chi connectivity index (χ1) is 13.9. The van der Waals surface area contributed by atoms with Gasteiger partial charge in [-0.3, -0.25) is 0 Å². The van der Waals surface area contributed by atoms with Crippen LogP contribution in [-0.2, 0) is 32.1 Å². The Morgan fingerprint density at radius 2 is 0.931 bits per heavy atom. The fraction of sp³-hybridized carbons (Fsp3) is 0.520. The summed E-state index contributed by atoms with van der Waals surface area (Å²) in [5, 5.41) is 0. The van der Waals surface area contributed by atoms with Gasteiger partial charge in [0.15, 0.2) is 0 Å². The summed E-state index contributed by atoms with van der Waals surface area (Å²) in [5.41, 5.74) is 23.4. The fourth-order valence-electron chi connectivity index (χ4n) is 4.16. The molecule has 0 saturated carbocycles. The van der Waals surface area contributed by atoms with Crippen LogP contribution < -0.4 is 11.5 Å². The monoisotopic (exact) mass is 618 g/mol. The fourth-order valence-corrected chi connectivity index (χ4v) is 6.09. The largest absolute Gasteiger partial charge is 0.398 e. The van der Waals surface area contributed by atoms with Crippen molar-refractivity contribution in [2.45, 2.75) is 85.5 Å². The quantitative estimate of drug-likeness (QED) is 0.215. The van der Waals surface area contributed by atoms with Gasteiger partial charge in [-0.15, -0.1) is 0 Å². The van der Waals surface area contributed by atoms with Crippen LogP contribution in [0.2, 0.25) is 0 Å². The van der Waals surface area contributed by atoms with E-state index < -0.39 is 0 Å². The van der Waals surface area contributed by atoms with E-state index in [1.54, 1.807) is 0 Å². The van der Waals surface area contributed by atoms with E-state index in [4.69, 9.17) is 11.5 Å². The molecule has 0 aromatic heterocycles. The van der Waals surface area contributed by atoms with Crippen LogP contribution in [0.3, 0.4) is 0 Å². The summed E-state index contributed by atoms with van der Waals surface area (Å²) >= 11 is 4.91. The van der Waals surface area contributed by atoms with Crippen LogP contribution in [0.5, 0.6) is 0 Å². The molecule has 2 nitrogen and oxygen atoms in total. The molecule has 0 aliphatic carbocycles. The van der Waals surface area contributed by atoms with Crippen molar-refractivity contribution in [3.8, 4) is 0 Å². The lowest BCUT2D eigenvalue weighted by Crippen LogP contribution is -2.10. The number of aryl methyl sites for hydroxylation is 2. The molecule has 2 rings (SSSR count). The summed E-state index contributed by atoms with van der Waals surface area (Å²) in [4.78, 5) is 0. The Morgan fingerprint density at radius 3 is 1.24 bits per heavy atom. The van der Waals surface area contributed by atoms with Crippen LogP contribution >= 0.6 is 45.2 Å².